The van der Waals surface area contributed by atoms with Crippen LogP contribution in [0.25, 0.3) is 0 Å². The molecule has 182 valence electrons. The van der Waals surface area contributed by atoms with Crippen molar-refractivity contribution in [2.75, 3.05) is 6.54 Å². The molecule has 0 aliphatic carbocycles. The number of phenolic OH excluding ortho intramolecular Hbond substituents is 1. The Bertz CT molecular complexity index is 1050. The average Bonchev–Trinajstić information content (AvgIpc) is 2.78. The van der Waals surface area contributed by atoms with Gasteiger partial charge in [-0.05, 0) is 59.4 Å². The van der Waals surface area contributed by atoms with Crippen molar-refractivity contribution in [2.45, 2.75) is 60.0 Å². The molecule has 0 aromatic heterocycles. The van der Waals surface area contributed by atoms with E-state index in [0.29, 0.717) is 14.3 Å². The molecular weight excluding hydrogens is 516 g/mol. The summed E-state index contributed by atoms with van der Waals surface area (Å²) in [6.45, 7) is 15.9. The van der Waals surface area contributed by atoms with Crippen molar-refractivity contribution in [1.82, 2.24) is 4.90 Å². The van der Waals surface area contributed by atoms with Crippen molar-refractivity contribution in [3.05, 3.63) is 88.5 Å². The van der Waals surface area contributed by atoms with Crippen LogP contribution in [0, 0.1) is 13.8 Å². The van der Waals surface area contributed by atoms with E-state index in [9.17, 15) is 5.11 Å². The van der Waals surface area contributed by atoms with Crippen LogP contribution in [0.4, 0.5) is 0 Å². The summed E-state index contributed by atoms with van der Waals surface area (Å²) in [6, 6.07) is 21.6. The molecule has 2 nitrogen and oxygen atoms in total. The Morgan fingerprint density at radius 2 is 1.59 bits per heavy atom. The minimum atomic E-state index is -0.556. The van der Waals surface area contributed by atoms with E-state index in [-0.39, 0.29) is 5.41 Å². The van der Waals surface area contributed by atoms with Crippen LogP contribution in [0.1, 0.15) is 55.5 Å². The Morgan fingerprint density at radius 3 is 2.18 bits per heavy atom. The zero-order valence-electron chi connectivity index (χ0n) is 21.0. The molecule has 0 radical (unpaired) electrons. The molecule has 0 amide bonds. The molecule has 34 heavy (non-hydrogen) atoms. The molecule has 3 aromatic rings. The van der Waals surface area contributed by atoms with Gasteiger partial charge in [0.1, 0.15) is 5.75 Å². The Balaban J connectivity index is 0.00000129. The van der Waals surface area contributed by atoms with Gasteiger partial charge in [0.25, 0.3) is 0 Å². The second-order valence-electron chi connectivity index (χ2n) is 9.55. The summed E-state index contributed by atoms with van der Waals surface area (Å²) >= 11 is -0.556. The molecule has 0 aliphatic heterocycles. The van der Waals surface area contributed by atoms with E-state index in [2.05, 4.69) is 107 Å². The van der Waals surface area contributed by atoms with Gasteiger partial charge in [-0.25, -0.2) is 0 Å². The summed E-state index contributed by atoms with van der Waals surface area (Å²) in [5, 5.41) is 13.5. The van der Waals surface area contributed by atoms with Crippen LogP contribution in [0.15, 0.2) is 60.7 Å². The van der Waals surface area contributed by atoms with Gasteiger partial charge in [0.15, 0.2) is 0 Å². The van der Waals surface area contributed by atoms with Crippen LogP contribution in [0.3, 0.4) is 0 Å². The molecule has 0 heterocycles. The summed E-state index contributed by atoms with van der Waals surface area (Å²) in [5.41, 5.74) is 6.15. The van der Waals surface area contributed by atoms with Gasteiger partial charge < -0.3 is 5.11 Å². The van der Waals surface area contributed by atoms with Crippen LogP contribution in [0.2, 0.25) is 0 Å². The predicted molar refractivity (Wildman–Crippen MR) is 148 cm³/mol. The van der Waals surface area contributed by atoms with Gasteiger partial charge in [0, 0.05) is 24.0 Å². The van der Waals surface area contributed by atoms with E-state index >= 15 is 0 Å². The van der Waals surface area contributed by atoms with Crippen LogP contribution in [-0.2, 0) is 35.5 Å². The zero-order chi connectivity index (χ0) is 25.3. The first-order valence-corrected chi connectivity index (χ1v) is 16.8. The van der Waals surface area contributed by atoms with E-state index in [1.54, 1.807) is 0 Å². The SMILES string of the molecule is CCN(Cc1ccccc1)Cc1cccc(C)c1Pc1cc(C)cc(C(C)(C)C)c1O.[Cl][Ti][Cl]. The summed E-state index contributed by atoms with van der Waals surface area (Å²) < 4.78 is 0. The Hall–Kier alpha value is -0.856. The van der Waals surface area contributed by atoms with Crippen molar-refractivity contribution >= 4 is 37.8 Å². The molecule has 0 saturated carbocycles. The van der Waals surface area contributed by atoms with E-state index in [1.165, 1.54) is 27.6 Å². The molecule has 0 fully saturated rings. The van der Waals surface area contributed by atoms with Crippen molar-refractivity contribution in [1.29, 1.82) is 0 Å². The number of hydrogen-bond acceptors (Lipinski definition) is 2. The fourth-order valence-corrected chi connectivity index (χ4v) is 5.41. The number of hydrogen-bond donors (Lipinski definition) is 1. The Labute approximate surface area is 224 Å². The molecule has 0 spiro atoms. The number of phenols is 1. The first-order valence-electron chi connectivity index (χ1n) is 11.5. The van der Waals surface area contributed by atoms with Gasteiger partial charge in [-0.3, -0.25) is 4.90 Å². The van der Waals surface area contributed by atoms with E-state index in [4.69, 9.17) is 18.6 Å². The number of nitrogens with zero attached hydrogens (tertiary/aromatic N) is 1. The van der Waals surface area contributed by atoms with Gasteiger partial charge in [-0.15, -0.1) is 0 Å². The second kappa shape index (κ2) is 14.0. The quantitative estimate of drug-likeness (QED) is 0.245. The third-order valence-corrected chi connectivity index (χ3v) is 7.39. The molecule has 0 saturated heterocycles. The maximum absolute atomic E-state index is 11.1. The maximum atomic E-state index is 11.1. The fraction of sp³-hybridized carbons (Fsp3) is 0.357. The zero-order valence-corrected chi connectivity index (χ0v) is 25.1. The van der Waals surface area contributed by atoms with E-state index in [0.717, 1.165) is 30.5 Å². The second-order valence-corrected chi connectivity index (χ2v) is 13.4. The molecule has 3 rings (SSSR count). The van der Waals surface area contributed by atoms with Gasteiger partial charge in [-0.2, -0.15) is 0 Å². The van der Waals surface area contributed by atoms with Crippen molar-refractivity contribution < 1.29 is 22.1 Å². The van der Waals surface area contributed by atoms with Crippen LogP contribution >= 0.6 is 27.2 Å². The molecule has 3 aromatic carbocycles. The molecule has 0 aliphatic rings. The normalized spacial score (nSPS) is 11.6. The van der Waals surface area contributed by atoms with Crippen LogP contribution < -0.4 is 10.6 Å². The molecule has 1 N–H and O–H groups in total. The average molecular weight is 552 g/mol. The van der Waals surface area contributed by atoms with Crippen LogP contribution in [0.5, 0.6) is 5.75 Å². The topological polar surface area (TPSA) is 23.5 Å². The van der Waals surface area contributed by atoms with Gasteiger partial charge in [0.2, 0.25) is 0 Å². The van der Waals surface area contributed by atoms with Crippen LogP contribution in [-0.4, -0.2) is 16.6 Å². The number of benzene rings is 3. The predicted octanol–water partition coefficient (Wildman–Crippen LogP) is 7.33. The van der Waals surface area contributed by atoms with Gasteiger partial charge >= 0.3 is 35.6 Å². The van der Waals surface area contributed by atoms with Crippen molar-refractivity contribution in [3.63, 3.8) is 0 Å². The van der Waals surface area contributed by atoms with Crippen molar-refractivity contribution in [3.8, 4) is 5.75 Å². The molecule has 1 atom stereocenters. The fourth-order valence-electron chi connectivity index (χ4n) is 3.98. The molecular formula is C28H36Cl2NOPTi. The van der Waals surface area contributed by atoms with Gasteiger partial charge in [0.05, 0.1) is 0 Å². The summed E-state index contributed by atoms with van der Waals surface area (Å²) in [5.74, 6) is 0.460. The monoisotopic (exact) mass is 551 g/mol. The van der Waals surface area contributed by atoms with Gasteiger partial charge in [-0.1, -0.05) is 90.9 Å². The number of aromatic hydroxyl groups is 1. The first kappa shape index (κ1) is 29.4. The third kappa shape index (κ3) is 8.67. The minimum absolute atomic E-state index is 0.0847. The standard InChI is InChI=1S/C28H36NOP.2ClH.Ti/c1-7-29(18-22-13-9-8-10-14-22)19-23-15-11-12-21(3)27(23)31-25-17-20(2)16-24(26(25)30)28(4,5)6;;;/h8-17,30-31H,7,18-19H2,1-6H3;2*1H;/q;;;+2/p-2. The Morgan fingerprint density at radius 1 is 0.941 bits per heavy atom. The number of halogens is 2. The summed E-state index contributed by atoms with van der Waals surface area (Å²) in [4.78, 5) is 2.48. The number of rotatable bonds is 7. The molecule has 0 bridgehead atoms. The van der Waals surface area contributed by atoms with E-state index in [1.807, 2.05) is 0 Å². The van der Waals surface area contributed by atoms with Crippen molar-refractivity contribution in [2.24, 2.45) is 0 Å². The molecule has 1 unspecified atom stereocenters. The van der Waals surface area contributed by atoms with E-state index < -0.39 is 17.0 Å². The summed E-state index contributed by atoms with van der Waals surface area (Å²) in [6.07, 6.45) is 0. The number of aryl methyl sites for hydroxylation is 2. The third-order valence-electron chi connectivity index (χ3n) is 5.77. The summed E-state index contributed by atoms with van der Waals surface area (Å²) in [7, 11) is 10.2. The Kier molecular flexibility index (Phi) is 12.1. The molecule has 6 heteroatoms. The first-order chi connectivity index (χ1) is 16.1.